The highest BCUT2D eigenvalue weighted by Gasteiger charge is 2.08. The minimum atomic E-state index is -0.952. The van der Waals surface area contributed by atoms with Crippen molar-refractivity contribution in [2.75, 3.05) is 0 Å². The van der Waals surface area contributed by atoms with Gasteiger partial charge in [-0.2, -0.15) is 0 Å². The predicted octanol–water partition coefficient (Wildman–Crippen LogP) is 1.54. The van der Waals surface area contributed by atoms with E-state index in [4.69, 9.17) is 5.11 Å². The third-order valence-corrected chi connectivity index (χ3v) is 2.16. The first-order chi connectivity index (χ1) is 6.59. The summed E-state index contributed by atoms with van der Waals surface area (Å²) in [6.07, 6.45) is 3.87. The Hall–Kier alpha value is -1.76. The molecule has 0 saturated heterocycles. The van der Waals surface area contributed by atoms with Crippen LogP contribution in [0.15, 0.2) is 12.3 Å². The first-order valence-electron chi connectivity index (χ1n) is 3.58. The first-order valence-corrected chi connectivity index (χ1v) is 4.40. The van der Waals surface area contributed by atoms with Gasteiger partial charge < -0.3 is 5.11 Å². The van der Waals surface area contributed by atoms with Gasteiger partial charge in [0.2, 0.25) is 0 Å². The van der Waals surface area contributed by atoms with Crippen LogP contribution in [-0.2, 0) is 4.79 Å². The number of carboxylic acid groups (broad SMARTS) is 1. The summed E-state index contributed by atoms with van der Waals surface area (Å²) in [4.78, 5) is 23.6. The van der Waals surface area contributed by atoms with Crippen molar-refractivity contribution >= 4 is 28.4 Å². The monoisotopic (exact) mass is 214 g/mol. The topological polar surface area (TPSA) is 93.3 Å². The Bertz CT molecular complexity index is 385. The molecule has 0 spiro atoms. The maximum atomic E-state index is 10.3. The Kier molecular flexibility index (Phi) is 3.29. The Labute approximate surface area is 82.7 Å². The number of nitrogens with zero attached hydrogens (tertiary/aromatic N) is 2. The molecule has 0 fully saturated rings. The van der Waals surface area contributed by atoms with Crippen LogP contribution in [0.2, 0.25) is 0 Å². The molecule has 0 aliphatic rings. The number of aromatic nitrogens is 1. The molecule has 1 aromatic heterocycles. The van der Waals surface area contributed by atoms with E-state index in [9.17, 15) is 14.9 Å². The number of rotatable bonds is 4. The van der Waals surface area contributed by atoms with Crippen LogP contribution in [0.25, 0.3) is 6.08 Å². The van der Waals surface area contributed by atoms with Gasteiger partial charge in [0, 0.05) is 0 Å². The van der Waals surface area contributed by atoms with Crippen molar-refractivity contribution in [3.8, 4) is 0 Å². The summed E-state index contributed by atoms with van der Waals surface area (Å²) < 4.78 is 0. The summed E-state index contributed by atoms with van der Waals surface area (Å²) in [5.74, 6) is -0.952. The normalized spacial score (nSPS) is 10.6. The molecule has 0 bridgehead atoms. The number of carboxylic acids is 1. The van der Waals surface area contributed by atoms with Crippen LogP contribution in [-0.4, -0.2) is 21.0 Å². The van der Waals surface area contributed by atoms with Crippen LogP contribution in [0.4, 0.5) is 5.00 Å². The maximum Gasteiger partial charge on any atom is 0.344 e. The lowest BCUT2D eigenvalue weighted by molar-refractivity contribution is -0.380. The Balaban J connectivity index is 2.64. The van der Waals surface area contributed by atoms with E-state index < -0.39 is 10.9 Å². The zero-order valence-corrected chi connectivity index (χ0v) is 7.73. The van der Waals surface area contributed by atoms with E-state index in [1.54, 1.807) is 0 Å². The van der Waals surface area contributed by atoms with E-state index in [2.05, 4.69) is 4.98 Å². The summed E-state index contributed by atoms with van der Waals surface area (Å²) in [7, 11) is 0. The summed E-state index contributed by atoms with van der Waals surface area (Å²) in [5, 5.41) is 18.9. The van der Waals surface area contributed by atoms with E-state index in [-0.39, 0.29) is 11.4 Å². The average molecular weight is 214 g/mol. The molecule has 0 radical (unpaired) electrons. The molecule has 1 heterocycles. The highest BCUT2D eigenvalue weighted by molar-refractivity contribution is 7.15. The zero-order valence-electron chi connectivity index (χ0n) is 6.91. The van der Waals surface area contributed by atoms with Crippen LogP contribution >= 0.6 is 11.3 Å². The maximum absolute atomic E-state index is 10.3. The molecular weight excluding hydrogens is 208 g/mol. The van der Waals surface area contributed by atoms with Gasteiger partial charge in [-0.3, -0.25) is 14.9 Å². The van der Waals surface area contributed by atoms with Gasteiger partial charge >= 0.3 is 11.0 Å². The van der Waals surface area contributed by atoms with Gasteiger partial charge in [-0.15, -0.1) is 0 Å². The molecule has 1 rings (SSSR count). The van der Waals surface area contributed by atoms with Crippen LogP contribution < -0.4 is 0 Å². The van der Waals surface area contributed by atoms with Gasteiger partial charge in [0.05, 0.1) is 11.3 Å². The van der Waals surface area contributed by atoms with Crippen molar-refractivity contribution < 1.29 is 14.8 Å². The van der Waals surface area contributed by atoms with Crippen molar-refractivity contribution in [2.45, 2.75) is 6.42 Å². The molecule has 0 aromatic carbocycles. The molecule has 0 atom stereocenters. The van der Waals surface area contributed by atoms with Crippen molar-refractivity contribution in [1.29, 1.82) is 0 Å². The second-order valence-corrected chi connectivity index (χ2v) is 3.33. The highest BCUT2D eigenvalue weighted by atomic mass is 32.1. The van der Waals surface area contributed by atoms with Crippen LogP contribution in [0.3, 0.4) is 0 Å². The molecule has 6 nitrogen and oxygen atoms in total. The molecule has 1 N–H and O–H groups in total. The van der Waals surface area contributed by atoms with Crippen molar-refractivity contribution in [1.82, 2.24) is 4.98 Å². The number of aliphatic carboxylic acids is 1. The van der Waals surface area contributed by atoms with E-state index in [1.165, 1.54) is 12.2 Å². The van der Waals surface area contributed by atoms with Gasteiger partial charge in [0.25, 0.3) is 0 Å². The minimum absolute atomic E-state index is 0.0556. The van der Waals surface area contributed by atoms with E-state index >= 15 is 0 Å². The molecule has 0 aliphatic carbocycles. The zero-order chi connectivity index (χ0) is 10.6. The highest BCUT2D eigenvalue weighted by Crippen LogP contribution is 2.21. The van der Waals surface area contributed by atoms with Gasteiger partial charge in [0.1, 0.15) is 11.2 Å². The number of carbonyl (C=O) groups is 1. The molecule has 0 saturated carbocycles. The summed E-state index contributed by atoms with van der Waals surface area (Å²) >= 11 is 0.903. The second-order valence-electron chi connectivity index (χ2n) is 2.29. The third kappa shape index (κ3) is 2.94. The molecule has 14 heavy (non-hydrogen) atoms. The number of hydrogen-bond acceptors (Lipinski definition) is 5. The quantitative estimate of drug-likeness (QED) is 0.606. The molecule has 0 aliphatic heterocycles. The van der Waals surface area contributed by atoms with E-state index in [1.807, 2.05) is 0 Å². The number of thiazole rings is 1. The predicted molar refractivity (Wildman–Crippen MR) is 50.1 cm³/mol. The standard InChI is InChI=1S/C7H6N2O4S/c10-7(11)3-1-2-5-8-4-6(14-5)9(12)13/h1-2,4H,3H2,(H,10,11). The third-order valence-electron chi connectivity index (χ3n) is 1.24. The molecule has 0 amide bonds. The summed E-state index contributed by atoms with van der Waals surface area (Å²) in [5.41, 5.74) is 0. The van der Waals surface area contributed by atoms with Crippen molar-refractivity contribution in [2.24, 2.45) is 0 Å². The van der Waals surface area contributed by atoms with E-state index in [0.29, 0.717) is 5.01 Å². The van der Waals surface area contributed by atoms with Gasteiger partial charge in [-0.25, -0.2) is 4.98 Å². The van der Waals surface area contributed by atoms with Gasteiger partial charge in [-0.05, 0) is 17.4 Å². The number of hydrogen-bond donors (Lipinski definition) is 1. The van der Waals surface area contributed by atoms with Crippen LogP contribution in [0.5, 0.6) is 0 Å². The molecular formula is C7H6N2O4S. The molecule has 7 heteroatoms. The number of nitro groups is 1. The summed E-state index contributed by atoms with van der Waals surface area (Å²) in [6.45, 7) is 0. The van der Waals surface area contributed by atoms with Crippen LogP contribution in [0, 0.1) is 10.1 Å². The smallest absolute Gasteiger partial charge is 0.344 e. The molecule has 1 aromatic rings. The second kappa shape index (κ2) is 4.47. The van der Waals surface area contributed by atoms with E-state index in [0.717, 1.165) is 17.5 Å². The fourth-order valence-electron chi connectivity index (χ4n) is 0.701. The summed E-state index contributed by atoms with van der Waals surface area (Å²) in [6, 6.07) is 0. The largest absolute Gasteiger partial charge is 0.481 e. The van der Waals surface area contributed by atoms with Crippen LogP contribution in [0.1, 0.15) is 11.4 Å². The Morgan fingerprint density at radius 3 is 3.00 bits per heavy atom. The van der Waals surface area contributed by atoms with Crippen molar-refractivity contribution in [3.63, 3.8) is 0 Å². The lowest BCUT2D eigenvalue weighted by Crippen LogP contribution is -1.89. The molecule has 0 unspecified atom stereocenters. The average Bonchev–Trinajstić information content (AvgIpc) is 2.52. The Morgan fingerprint density at radius 1 is 1.79 bits per heavy atom. The Morgan fingerprint density at radius 2 is 2.50 bits per heavy atom. The first kappa shape index (κ1) is 10.3. The van der Waals surface area contributed by atoms with Crippen molar-refractivity contribution in [3.05, 3.63) is 27.4 Å². The lowest BCUT2D eigenvalue weighted by Gasteiger charge is -1.82. The van der Waals surface area contributed by atoms with Gasteiger partial charge in [-0.1, -0.05) is 6.08 Å². The molecule has 74 valence electrons. The fraction of sp³-hybridized carbons (Fsp3) is 0.143. The minimum Gasteiger partial charge on any atom is -0.481 e. The fourth-order valence-corrected chi connectivity index (χ4v) is 1.36. The van der Waals surface area contributed by atoms with Gasteiger partial charge in [0.15, 0.2) is 0 Å². The SMILES string of the molecule is O=C(O)CC=Cc1ncc([N+](=O)[O-])s1. The lowest BCUT2D eigenvalue weighted by atomic mass is 10.4.